The molecule has 19 heavy (non-hydrogen) atoms. The number of nitrogens with zero attached hydrogens (tertiary/aromatic N) is 4. The molecule has 0 aliphatic heterocycles. The van der Waals surface area contributed by atoms with E-state index >= 15 is 0 Å². The molecule has 0 unspecified atom stereocenters. The largest absolute Gasteiger partial charge is 0.268 e. The van der Waals surface area contributed by atoms with Gasteiger partial charge in [-0.05, 0) is 36.6 Å². The molecule has 1 aliphatic rings. The fraction of sp³-hybridized carbons (Fsp3) is 0.214. The fourth-order valence-electron chi connectivity index (χ4n) is 2.30. The number of para-hydroxylation sites is 1. The summed E-state index contributed by atoms with van der Waals surface area (Å²) in [5, 5.41) is 9.66. The Hall–Kier alpha value is -1.94. The minimum atomic E-state index is 0.402. The molecule has 2 heterocycles. The summed E-state index contributed by atoms with van der Waals surface area (Å²) in [5.74, 6) is 1.44. The van der Waals surface area contributed by atoms with Crippen LogP contribution in [0.4, 0.5) is 0 Å². The SMILES string of the molecule is Clc1nnc(C2CC2)n1-c1cnc2ccccc2c1. The number of aromatic nitrogens is 4. The van der Waals surface area contributed by atoms with Gasteiger partial charge in [0.1, 0.15) is 5.82 Å². The summed E-state index contributed by atoms with van der Waals surface area (Å²) in [6, 6.07) is 10.1. The highest BCUT2D eigenvalue weighted by molar-refractivity contribution is 6.28. The Morgan fingerprint density at radius 1 is 1.16 bits per heavy atom. The van der Waals surface area contributed by atoms with Crippen LogP contribution < -0.4 is 0 Å². The summed E-state index contributed by atoms with van der Waals surface area (Å²) in [6.07, 6.45) is 4.15. The molecule has 0 atom stereocenters. The van der Waals surface area contributed by atoms with Crippen LogP contribution in [-0.2, 0) is 0 Å². The van der Waals surface area contributed by atoms with Gasteiger partial charge in [-0.2, -0.15) is 0 Å². The first-order valence-corrected chi connectivity index (χ1v) is 6.67. The molecule has 1 fully saturated rings. The summed E-state index contributed by atoms with van der Waals surface area (Å²) < 4.78 is 1.90. The smallest absolute Gasteiger partial charge is 0.229 e. The molecular formula is C14H11ClN4. The average Bonchev–Trinajstić information content (AvgIpc) is 3.21. The van der Waals surface area contributed by atoms with E-state index in [2.05, 4.69) is 21.2 Å². The molecule has 3 aromatic rings. The first kappa shape index (κ1) is 10.9. The van der Waals surface area contributed by atoms with Crippen molar-refractivity contribution >= 4 is 22.5 Å². The van der Waals surface area contributed by atoms with Crippen LogP contribution in [-0.4, -0.2) is 19.7 Å². The van der Waals surface area contributed by atoms with Crippen molar-refractivity contribution in [1.29, 1.82) is 0 Å². The van der Waals surface area contributed by atoms with Crippen molar-refractivity contribution in [3.8, 4) is 5.69 Å². The molecule has 94 valence electrons. The van der Waals surface area contributed by atoms with Gasteiger partial charge in [0, 0.05) is 11.3 Å². The minimum absolute atomic E-state index is 0.402. The lowest BCUT2D eigenvalue weighted by Gasteiger charge is -2.07. The second-order valence-corrected chi connectivity index (χ2v) is 5.16. The van der Waals surface area contributed by atoms with Crippen molar-refractivity contribution in [2.75, 3.05) is 0 Å². The fourth-order valence-corrected chi connectivity index (χ4v) is 2.52. The van der Waals surface area contributed by atoms with Crippen LogP contribution in [0.1, 0.15) is 24.6 Å². The summed E-state index contributed by atoms with van der Waals surface area (Å²) in [7, 11) is 0. The maximum absolute atomic E-state index is 6.16. The lowest BCUT2D eigenvalue weighted by Crippen LogP contribution is -2.01. The third kappa shape index (κ3) is 1.79. The molecule has 0 radical (unpaired) electrons. The van der Waals surface area contributed by atoms with Gasteiger partial charge in [0.2, 0.25) is 5.28 Å². The zero-order chi connectivity index (χ0) is 12.8. The van der Waals surface area contributed by atoms with E-state index in [1.807, 2.05) is 35.0 Å². The molecule has 1 saturated carbocycles. The van der Waals surface area contributed by atoms with Crippen molar-refractivity contribution < 1.29 is 0 Å². The highest BCUT2D eigenvalue weighted by Gasteiger charge is 2.30. The molecule has 2 aromatic heterocycles. The Morgan fingerprint density at radius 2 is 2.00 bits per heavy atom. The van der Waals surface area contributed by atoms with Gasteiger partial charge in [-0.1, -0.05) is 18.2 Å². The Labute approximate surface area is 115 Å². The van der Waals surface area contributed by atoms with Crippen LogP contribution in [0, 0.1) is 0 Å². The number of hydrogen-bond acceptors (Lipinski definition) is 3. The molecule has 1 aliphatic carbocycles. The van der Waals surface area contributed by atoms with Gasteiger partial charge in [0.25, 0.3) is 0 Å². The van der Waals surface area contributed by atoms with E-state index in [1.165, 1.54) is 0 Å². The van der Waals surface area contributed by atoms with E-state index in [0.29, 0.717) is 11.2 Å². The zero-order valence-electron chi connectivity index (χ0n) is 10.1. The third-order valence-electron chi connectivity index (χ3n) is 3.43. The van der Waals surface area contributed by atoms with Gasteiger partial charge >= 0.3 is 0 Å². The Kier molecular flexibility index (Phi) is 2.32. The van der Waals surface area contributed by atoms with Gasteiger partial charge in [0.15, 0.2) is 0 Å². The summed E-state index contributed by atoms with van der Waals surface area (Å²) in [5.41, 5.74) is 1.90. The molecule has 5 heteroatoms. The van der Waals surface area contributed by atoms with E-state index < -0.39 is 0 Å². The maximum Gasteiger partial charge on any atom is 0.229 e. The molecule has 0 spiro atoms. The summed E-state index contributed by atoms with van der Waals surface area (Å²) in [6.45, 7) is 0. The number of pyridine rings is 1. The highest BCUT2D eigenvalue weighted by atomic mass is 35.5. The highest BCUT2D eigenvalue weighted by Crippen LogP contribution is 2.40. The number of hydrogen-bond donors (Lipinski definition) is 0. The van der Waals surface area contributed by atoms with Gasteiger partial charge in [-0.15, -0.1) is 10.2 Å². The Bertz CT molecular complexity index is 761. The number of rotatable bonds is 2. The Balaban J connectivity index is 1.92. The summed E-state index contributed by atoms with van der Waals surface area (Å²) >= 11 is 6.16. The number of benzene rings is 1. The van der Waals surface area contributed by atoms with Gasteiger partial charge in [-0.3, -0.25) is 9.55 Å². The molecule has 4 nitrogen and oxygen atoms in total. The van der Waals surface area contributed by atoms with E-state index in [0.717, 1.165) is 35.3 Å². The molecule has 0 amide bonds. The van der Waals surface area contributed by atoms with E-state index in [-0.39, 0.29) is 0 Å². The van der Waals surface area contributed by atoms with Crippen LogP contribution in [0.2, 0.25) is 5.28 Å². The number of fused-ring (bicyclic) bond motifs is 1. The normalized spacial score (nSPS) is 15.0. The predicted octanol–water partition coefficient (Wildman–Crippen LogP) is 3.35. The molecule has 1 aromatic carbocycles. The van der Waals surface area contributed by atoms with E-state index in [1.54, 1.807) is 0 Å². The van der Waals surface area contributed by atoms with Crippen molar-refractivity contribution in [2.45, 2.75) is 18.8 Å². The molecule has 4 rings (SSSR count). The van der Waals surface area contributed by atoms with E-state index in [9.17, 15) is 0 Å². The third-order valence-corrected chi connectivity index (χ3v) is 3.67. The maximum atomic E-state index is 6.16. The minimum Gasteiger partial charge on any atom is -0.268 e. The summed E-state index contributed by atoms with van der Waals surface area (Å²) in [4.78, 5) is 4.46. The van der Waals surface area contributed by atoms with Crippen molar-refractivity contribution in [3.63, 3.8) is 0 Å². The van der Waals surface area contributed by atoms with Crippen LogP contribution in [0.5, 0.6) is 0 Å². The topological polar surface area (TPSA) is 43.6 Å². The lowest BCUT2D eigenvalue weighted by molar-refractivity contribution is 0.870. The van der Waals surface area contributed by atoms with Crippen molar-refractivity contribution in [1.82, 2.24) is 19.7 Å². The second kappa shape index (κ2) is 4.03. The lowest BCUT2D eigenvalue weighted by atomic mass is 10.2. The van der Waals surface area contributed by atoms with Crippen LogP contribution >= 0.6 is 11.6 Å². The zero-order valence-corrected chi connectivity index (χ0v) is 10.9. The van der Waals surface area contributed by atoms with Crippen LogP contribution in [0.15, 0.2) is 36.5 Å². The quantitative estimate of drug-likeness (QED) is 0.717. The first-order chi connectivity index (χ1) is 9.33. The first-order valence-electron chi connectivity index (χ1n) is 6.29. The van der Waals surface area contributed by atoms with Crippen LogP contribution in [0.3, 0.4) is 0 Å². The average molecular weight is 271 g/mol. The van der Waals surface area contributed by atoms with Gasteiger partial charge in [0.05, 0.1) is 17.4 Å². The van der Waals surface area contributed by atoms with Crippen molar-refractivity contribution in [3.05, 3.63) is 47.6 Å². The van der Waals surface area contributed by atoms with Gasteiger partial charge < -0.3 is 0 Å². The van der Waals surface area contributed by atoms with Crippen LogP contribution in [0.25, 0.3) is 16.6 Å². The second-order valence-electron chi connectivity index (χ2n) is 4.82. The molecule has 0 N–H and O–H groups in total. The monoisotopic (exact) mass is 270 g/mol. The van der Waals surface area contributed by atoms with E-state index in [4.69, 9.17) is 11.6 Å². The number of halogens is 1. The Morgan fingerprint density at radius 3 is 2.84 bits per heavy atom. The molecular weight excluding hydrogens is 260 g/mol. The molecule has 0 saturated heterocycles. The van der Waals surface area contributed by atoms with Gasteiger partial charge in [-0.25, -0.2) is 0 Å². The van der Waals surface area contributed by atoms with Crippen molar-refractivity contribution in [2.24, 2.45) is 0 Å². The standard InChI is InChI=1S/C14H11ClN4/c15-14-18-17-13(9-5-6-9)19(14)11-7-10-3-1-2-4-12(10)16-8-11/h1-4,7-9H,5-6H2. The predicted molar refractivity (Wildman–Crippen MR) is 73.6 cm³/mol. The molecule has 0 bridgehead atoms.